The largest absolute Gasteiger partial charge is 0.370 e. The topological polar surface area (TPSA) is 44.9 Å². The fourth-order valence-electron chi connectivity index (χ4n) is 3.18. The molecule has 6 heteroatoms. The lowest BCUT2D eigenvalue weighted by Crippen LogP contribution is -2.37. The molecule has 0 radical (unpaired) electrons. The van der Waals surface area contributed by atoms with Crippen LogP contribution < -0.4 is 5.73 Å². The first-order chi connectivity index (χ1) is 11.1. The normalized spacial score (nSPS) is 19.8. The summed E-state index contributed by atoms with van der Waals surface area (Å²) >= 11 is 6.25. The zero-order chi connectivity index (χ0) is 16.2. The summed E-state index contributed by atoms with van der Waals surface area (Å²) in [6.07, 6.45) is 4.89. The highest BCUT2D eigenvalue weighted by Crippen LogP contribution is 2.25. The van der Waals surface area contributed by atoms with Crippen molar-refractivity contribution in [3.05, 3.63) is 34.9 Å². The number of rotatable bonds is 5. The van der Waals surface area contributed by atoms with E-state index in [-0.39, 0.29) is 24.0 Å². The van der Waals surface area contributed by atoms with Gasteiger partial charge < -0.3 is 10.6 Å². The van der Waals surface area contributed by atoms with Crippen molar-refractivity contribution < 1.29 is 0 Å². The molecule has 0 spiro atoms. The summed E-state index contributed by atoms with van der Waals surface area (Å²) in [7, 11) is 2.06. The Bertz CT molecular complexity index is 554. The SMILES string of the molecule is CN(C(N)=NCC1CCN(Cc2ccccc2Cl)CC1)C1CC1.I. The van der Waals surface area contributed by atoms with Crippen LogP contribution in [0.1, 0.15) is 31.2 Å². The minimum absolute atomic E-state index is 0. The maximum atomic E-state index is 6.25. The molecule has 134 valence electrons. The second kappa shape index (κ2) is 9.25. The smallest absolute Gasteiger partial charge is 0.191 e. The Morgan fingerprint density at radius 1 is 1.25 bits per heavy atom. The first kappa shape index (κ1) is 19.8. The van der Waals surface area contributed by atoms with E-state index in [1.807, 2.05) is 12.1 Å². The molecule has 2 N–H and O–H groups in total. The number of benzene rings is 1. The monoisotopic (exact) mass is 462 g/mol. The Morgan fingerprint density at radius 2 is 1.92 bits per heavy atom. The zero-order valence-electron chi connectivity index (χ0n) is 14.3. The van der Waals surface area contributed by atoms with Gasteiger partial charge in [-0.2, -0.15) is 0 Å². The molecule has 1 saturated carbocycles. The molecule has 4 nitrogen and oxygen atoms in total. The van der Waals surface area contributed by atoms with Crippen molar-refractivity contribution in [2.45, 2.75) is 38.3 Å². The van der Waals surface area contributed by atoms with Crippen molar-refractivity contribution >= 4 is 41.5 Å². The van der Waals surface area contributed by atoms with E-state index >= 15 is 0 Å². The number of piperidine rings is 1. The van der Waals surface area contributed by atoms with Crippen LogP contribution in [0.15, 0.2) is 29.3 Å². The van der Waals surface area contributed by atoms with Gasteiger partial charge in [-0.15, -0.1) is 24.0 Å². The fourth-order valence-corrected chi connectivity index (χ4v) is 3.37. The first-order valence-corrected chi connectivity index (χ1v) is 9.00. The molecule has 24 heavy (non-hydrogen) atoms. The third-order valence-electron chi connectivity index (χ3n) is 5.03. The van der Waals surface area contributed by atoms with Gasteiger partial charge in [-0.3, -0.25) is 9.89 Å². The van der Waals surface area contributed by atoms with Gasteiger partial charge in [-0.1, -0.05) is 29.8 Å². The Kier molecular flexibility index (Phi) is 7.62. The van der Waals surface area contributed by atoms with E-state index < -0.39 is 0 Å². The molecule has 1 heterocycles. The van der Waals surface area contributed by atoms with Gasteiger partial charge in [0.15, 0.2) is 5.96 Å². The van der Waals surface area contributed by atoms with Crippen molar-refractivity contribution in [2.75, 3.05) is 26.7 Å². The minimum Gasteiger partial charge on any atom is -0.370 e. The lowest BCUT2D eigenvalue weighted by atomic mass is 9.96. The van der Waals surface area contributed by atoms with Crippen LogP contribution in [-0.2, 0) is 6.54 Å². The molecule has 2 aliphatic rings. The van der Waals surface area contributed by atoms with E-state index in [0.717, 1.165) is 31.2 Å². The third kappa shape index (κ3) is 5.49. The molecule has 0 unspecified atom stereocenters. The Balaban J connectivity index is 0.00000208. The minimum atomic E-state index is 0. The number of guanidine groups is 1. The maximum Gasteiger partial charge on any atom is 0.191 e. The summed E-state index contributed by atoms with van der Waals surface area (Å²) in [5.41, 5.74) is 7.30. The van der Waals surface area contributed by atoms with Crippen molar-refractivity contribution in [1.82, 2.24) is 9.80 Å². The Labute approximate surface area is 167 Å². The number of hydrogen-bond acceptors (Lipinski definition) is 2. The fraction of sp³-hybridized carbons (Fsp3) is 0.611. The summed E-state index contributed by atoms with van der Waals surface area (Å²) in [5, 5.41) is 0.870. The van der Waals surface area contributed by atoms with Gasteiger partial charge in [0.2, 0.25) is 0 Å². The van der Waals surface area contributed by atoms with Crippen LogP contribution in [0.4, 0.5) is 0 Å². The Morgan fingerprint density at radius 3 is 2.54 bits per heavy atom. The molecule has 0 bridgehead atoms. The van der Waals surface area contributed by atoms with Gasteiger partial charge in [-0.25, -0.2) is 0 Å². The van der Waals surface area contributed by atoms with E-state index in [4.69, 9.17) is 17.3 Å². The van der Waals surface area contributed by atoms with E-state index in [1.165, 1.54) is 31.2 Å². The maximum absolute atomic E-state index is 6.25. The van der Waals surface area contributed by atoms with Gasteiger partial charge in [0, 0.05) is 31.2 Å². The molecule has 1 aliphatic carbocycles. The molecule has 3 rings (SSSR count). The summed E-state index contributed by atoms with van der Waals surface area (Å²) in [6, 6.07) is 8.77. The lowest BCUT2D eigenvalue weighted by molar-refractivity contribution is 0.180. The van der Waals surface area contributed by atoms with Gasteiger partial charge in [0.25, 0.3) is 0 Å². The van der Waals surface area contributed by atoms with E-state index in [9.17, 15) is 0 Å². The van der Waals surface area contributed by atoms with Gasteiger partial charge in [0.05, 0.1) is 0 Å². The van der Waals surface area contributed by atoms with E-state index in [1.54, 1.807) is 0 Å². The lowest BCUT2D eigenvalue weighted by Gasteiger charge is -2.31. The molecule has 1 saturated heterocycles. The third-order valence-corrected chi connectivity index (χ3v) is 5.40. The van der Waals surface area contributed by atoms with Crippen molar-refractivity contribution in [1.29, 1.82) is 0 Å². The van der Waals surface area contributed by atoms with Crippen LogP contribution in [0.2, 0.25) is 5.02 Å². The molecule has 1 aromatic carbocycles. The highest BCUT2D eigenvalue weighted by atomic mass is 127. The number of aliphatic imine (C=N–C) groups is 1. The van der Waals surface area contributed by atoms with Crippen LogP contribution in [-0.4, -0.2) is 48.5 Å². The molecular formula is C18H28ClIN4. The molecule has 1 aliphatic heterocycles. The molecule has 0 atom stereocenters. The van der Waals surface area contributed by atoms with Crippen LogP contribution in [0.5, 0.6) is 0 Å². The summed E-state index contributed by atoms with van der Waals surface area (Å²) < 4.78 is 0. The molecule has 1 aromatic rings. The number of halogens is 2. The summed E-state index contributed by atoms with van der Waals surface area (Å²) in [4.78, 5) is 9.23. The van der Waals surface area contributed by atoms with Crippen LogP contribution in [0.25, 0.3) is 0 Å². The first-order valence-electron chi connectivity index (χ1n) is 8.62. The van der Waals surface area contributed by atoms with E-state index in [0.29, 0.717) is 17.9 Å². The standard InChI is InChI=1S/C18H27ClN4.HI/c1-22(16-6-7-16)18(20)21-12-14-8-10-23(11-9-14)13-15-4-2-3-5-17(15)19;/h2-5,14,16H,6-13H2,1H3,(H2,20,21);1H. The second-order valence-electron chi connectivity index (χ2n) is 6.85. The molecular weight excluding hydrogens is 435 g/mol. The molecule has 0 aromatic heterocycles. The second-order valence-corrected chi connectivity index (χ2v) is 7.26. The van der Waals surface area contributed by atoms with Crippen molar-refractivity contribution in [3.63, 3.8) is 0 Å². The molecule has 0 amide bonds. The average Bonchev–Trinajstić information content (AvgIpc) is 3.40. The summed E-state index contributed by atoms with van der Waals surface area (Å²) in [6.45, 7) is 4.04. The Hall–Kier alpha value is -0.530. The van der Waals surface area contributed by atoms with Crippen LogP contribution in [0, 0.1) is 5.92 Å². The highest BCUT2D eigenvalue weighted by Gasteiger charge is 2.27. The predicted molar refractivity (Wildman–Crippen MR) is 112 cm³/mol. The number of hydrogen-bond donors (Lipinski definition) is 1. The highest BCUT2D eigenvalue weighted by molar-refractivity contribution is 14.0. The van der Waals surface area contributed by atoms with Crippen LogP contribution in [0.3, 0.4) is 0 Å². The zero-order valence-corrected chi connectivity index (χ0v) is 17.4. The number of nitrogens with two attached hydrogens (primary N) is 1. The van der Waals surface area contributed by atoms with Gasteiger partial charge in [0.1, 0.15) is 0 Å². The van der Waals surface area contributed by atoms with Crippen LogP contribution >= 0.6 is 35.6 Å². The average molecular weight is 463 g/mol. The number of likely N-dealkylation sites (tertiary alicyclic amines) is 1. The quantitative estimate of drug-likeness (QED) is 0.413. The summed E-state index contributed by atoms with van der Waals surface area (Å²) in [5.74, 6) is 1.37. The van der Waals surface area contributed by atoms with Gasteiger partial charge >= 0.3 is 0 Å². The van der Waals surface area contributed by atoms with E-state index in [2.05, 4.69) is 34.0 Å². The number of nitrogens with zero attached hydrogens (tertiary/aromatic N) is 3. The van der Waals surface area contributed by atoms with Crippen molar-refractivity contribution in [3.8, 4) is 0 Å². The van der Waals surface area contributed by atoms with Gasteiger partial charge in [-0.05, 0) is 56.3 Å². The predicted octanol–water partition coefficient (Wildman–Crippen LogP) is 3.58. The van der Waals surface area contributed by atoms with Crippen molar-refractivity contribution in [2.24, 2.45) is 16.6 Å². The molecule has 2 fully saturated rings.